The first-order valence-electron chi connectivity index (χ1n) is 24.5. The van der Waals surface area contributed by atoms with Crippen molar-refractivity contribution in [2.75, 3.05) is 9.80 Å². The van der Waals surface area contributed by atoms with E-state index in [1.165, 1.54) is 98.4 Å². The molecule has 0 bridgehead atoms. The first kappa shape index (κ1) is 41.5. The van der Waals surface area contributed by atoms with Crippen molar-refractivity contribution in [3.05, 3.63) is 259 Å². The minimum Gasteiger partial charge on any atom is -0.310 e. The first-order valence-corrected chi connectivity index (χ1v) is 24.5. The zero-order chi connectivity index (χ0) is 46.7. The predicted octanol–water partition coefficient (Wildman–Crippen LogP) is 19.3. The van der Waals surface area contributed by atoms with Gasteiger partial charge in [0.05, 0.1) is 0 Å². The molecule has 0 N–H and O–H groups in total. The van der Waals surface area contributed by atoms with Gasteiger partial charge in [0, 0.05) is 34.1 Å². The summed E-state index contributed by atoms with van der Waals surface area (Å²) in [6.45, 7) is 4.35. The van der Waals surface area contributed by atoms with Gasteiger partial charge in [-0.25, -0.2) is 0 Å². The monoisotopic (exact) mass is 894 g/mol. The number of aryl methyl sites for hydroxylation is 3. The highest BCUT2D eigenvalue weighted by Crippen LogP contribution is 2.49. The highest BCUT2D eigenvalue weighted by molar-refractivity contribution is 6.23. The Bertz CT molecular complexity index is 3950. The molecule has 0 radical (unpaired) electrons. The molecule has 0 heterocycles. The van der Waals surface area contributed by atoms with Gasteiger partial charge in [-0.1, -0.05) is 181 Å². The van der Waals surface area contributed by atoms with Gasteiger partial charge in [0.25, 0.3) is 0 Å². The molecule has 70 heavy (non-hydrogen) atoms. The van der Waals surface area contributed by atoms with E-state index >= 15 is 0 Å². The van der Waals surface area contributed by atoms with Crippen molar-refractivity contribution in [1.29, 1.82) is 0 Å². The van der Waals surface area contributed by atoms with E-state index in [4.69, 9.17) is 0 Å². The molecule has 0 aromatic heterocycles. The fourth-order valence-corrected chi connectivity index (χ4v) is 10.9. The number of allylic oxidation sites excluding steroid dienone is 1. The zero-order valence-corrected chi connectivity index (χ0v) is 39.4. The molecule has 0 amide bonds. The van der Waals surface area contributed by atoms with Crippen molar-refractivity contribution in [3.63, 3.8) is 0 Å². The van der Waals surface area contributed by atoms with E-state index in [1.54, 1.807) is 0 Å². The van der Waals surface area contributed by atoms with Gasteiger partial charge < -0.3 is 9.80 Å². The van der Waals surface area contributed by atoms with Crippen LogP contribution in [0.4, 0.5) is 34.1 Å². The lowest BCUT2D eigenvalue weighted by Gasteiger charge is -2.29. The molecule has 2 heteroatoms. The number of hydrogen-bond acceptors (Lipinski definition) is 2. The van der Waals surface area contributed by atoms with Crippen LogP contribution in [-0.4, -0.2) is 0 Å². The van der Waals surface area contributed by atoms with Crippen LogP contribution in [0.15, 0.2) is 237 Å². The van der Waals surface area contributed by atoms with Crippen LogP contribution in [0, 0.1) is 13.8 Å². The number of fused-ring (bicyclic) bond motifs is 6. The molecule has 0 unspecified atom stereocenters. The second-order valence-corrected chi connectivity index (χ2v) is 19.0. The van der Waals surface area contributed by atoms with Crippen molar-refractivity contribution in [3.8, 4) is 22.3 Å². The average molecular weight is 895 g/mol. The highest BCUT2D eigenvalue weighted by atomic mass is 15.1. The molecule has 0 atom stereocenters. The van der Waals surface area contributed by atoms with E-state index in [1.807, 2.05) is 0 Å². The van der Waals surface area contributed by atoms with E-state index in [9.17, 15) is 0 Å². The van der Waals surface area contributed by atoms with Gasteiger partial charge in [0.2, 0.25) is 0 Å². The topological polar surface area (TPSA) is 6.48 Å². The first-order chi connectivity index (χ1) is 34.5. The maximum atomic E-state index is 2.46. The normalized spacial score (nSPS) is 12.3. The molecule has 13 rings (SSSR count). The summed E-state index contributed by atoms with van der Waals surface area (Å²) in [5, 5.41) is 12.1. The van der Waals surface area contributed by atoms with Gasteiger partial charge in [-0.05, 0) is 187 Å². The van der Waals surface area contributed by atoms with Crippen LogP contribution >= 0.6 is 0 Å². The molecule has 0 spiro atoms. The third kappa shape index (κ3) is 7.37. The Morgan fingerprint density at radius 1 is 0.314 bits per heavy atom. The minimum atomic E-state index is 1.07. The van der Waals surface area contributed by atoms with Crippen molar-refractivity contribution >= 4 is 94.1 Å². The van der Waals surface area contributed by atoms with Crippen molar-refractivity contribution in [2.45, 2.75) is 26.7 Å². The van der Waals surface area contributed by atoms with Crippen LogP contribution in [0.25, 0.3) is 82.2 Å². The molecular formula is C68H50N2. The lowest BCUT2D eigenvalue weighted by Crippen LogP contribution is -2.11. The molecule has 0 saturated heterocycles. The summed E-state index contributed by atoms with van der Waals surface area (Å²) in [6.07, 6.45) is 6.75. The van der Waals surface area contributed by atoms with E-state index in [2.05, 4.69) is 266 Å². The maximum absolute atomic E-state index is 2.46. The largest absolute Gasteiger partial charge is 0.310 e. The third-order valence-electron chi connectivity index (χ3n) is 14.5. The van der Waals surface area contributed by atoms with Gasteiger partial charge >= 0.3 is 0 Å². The number of hydrogen-bond donors (Lipinski definition) is 0. The minimum absolute atomic E-state index is 1.07. The summed E-state index contributed by atoms with van der Waals surface area (Å²) in [4.78, 5) is 4.89. The second kappa shape index (κ2) is 17.1. The van der Waals surface area contributed by atoms with Crippen LogP contribution in [-0.2, 0) is 6.42 Å². The number of benzene rings is 12. The Labute approximate surface area is 409 Å². The number of nitrogens with zero attached hydrogens (tertiary/aromatic N) is 2. The van der Waals surface area contributed by atoms with Gasteiger partial charge in [-0.2, -0.15) is 0 Å². The summed E-state index contributed by atoms with van der Waals surface area (Å²) >= 11 is 0. The molecule has 1 aliphatic rings. The zero-order valence-electron chi connectivity index (χ0n) is 39.4. The molecule has 2 nitrogen and oxygen atoms in total. The highest BCUT2D eigenvalue weighted by Gasteiger charge is 2.23. The Morgan fingerprint density at radius 2 is 0.686 bits per heavy atom. The third-order valence-corrected chi connectivity index (χ3v) is 14.5. The summed E-state index contributed by atoms with van der Waals surface area (Å²) in [5.41, 5.74) is 16.7. The van der Waals surface area contributed by atoms with Gasteiger partial charge in [-0.15, -0.1) is 0 Å². The molecule has 1 aliphatic carbocycles. The standard InChI is InChI=1S/C68H50N2/c1-45-19-23-51(24-20-45)67-63-37-35-62(70(59-33-29-49-13-5-9-17-55(49)41-59)60-34-30-50-14-6-10-18-56(50)42-60)44-66(63)68(52-25-21-46(2)22-26-52)64-38-36-61(43-65(64)67)69(57-31-27-47-11-3-7-15-53(47)39-57)58-32-28-48-12-4-8-16-54(48)40-58/h3-5,7-13,15-44H,6,14H2,1-2H3. The van der Waals surface area contributed by atoms with Gasteiger partial charge in [-0.3, -0.25) is 0 Å². The van der Waals surface area contributed by atoms with E-state index in [0.717, 1.165) is 47.0 Å². The fraction of sp³-hybridized carbons (Fsp3) is 0.0588. The van der Waals surface area contributed by atoms with Crippen LogP contribution in [0.3, 0.4) is 0 Å². The van der Waals surface area contributed by atoms with Gasteiger partial charge in [0.15, 0.2) is 0 Å². The second-order valence-electron chi connectivity index (χ2n) is 19.0. The summed E-state index contributed by atoms with van der Waals surface area (Å²) in [5.74, 6) is 0. The Morgan fingerprint density at radius 3 is 1.13 bits per heavy atom. The van der Waals surface area contributed by atoms with Crippen molar-refractivity contribution < 1.29 is 0 Å². The SMILES string of the molecule is Cc1ccc(-c2c3ccc(N(c4ccc5ccccc5c4)c4ccc5ccccc5c4)cc3c(-c3ccc(C)cc3)c3ccc(N(c4ccc5c(c4)C=CCC5)c4ccc5ccccc5c4)cc23)cc1. The Hall–Kier alpha value is -8.72. The average Bonchev–Trinajstić information content (AvgIpc) is 3.41. The smallest absolute Gasteiger partial charge is 0.0468 e. The molecule has 0 fully saturated rings. The summed E-state index contributed by atoms with van der Waals surface area (Å²) < 4.78 is 0. The summed E-state index contributed by atoms with van der Waals surface area (Å²) in [6, 6.07) is 86.2. The number of rotatable bonds is 8. The van der Waals surface area contributed by atoms with Crippen LogP contribution in [0.5, 0.6) is 0 Å². The molecule has 12 aromatic carbocycles. The molecule has 12 aromatic rings. The van der Waals surface area contributed by atoms with Crippen LogP contribution < -0.4 is 9.80 Å². The van der Waals surface area contributed by atoms with E-state index in [-0.39, 0.29) is 0 Å². The quantitative estimate of drug-likeness (QED) is 0.140. The predicted molar refractivity (Wildman–Crippen MR) is 301 cm³/mol. The Balaban J connectivity index is 1.10. The molecular weight excluding hydrogens is 845 g/mol. The lowest BCUT2D eigenvalue weighted by molar-refractivity contribution is 0.985. The van der Waals surface area contributed by atoms with Gasteiger partial charge in [0.1, 0.15) is 0 Å². The van der Waals surface area contributed by atoms with E-state index in [0.29, 0.717) is 0 Å². The van der Waals surface area contributed by atoms with Crippen molar-refractivity contribution in [2.24, 2.45) is 0 Å². The van der Waals surface area contributed by atoms with E-state index < -0.39 is 0 Å². The van der Waals surface area contributed by atoms with Crippen LogP contribution in [0.1, 0.15) is 28.7 Å². The fourth-order valence-electron chi connectivity index (χ4n) is 10.9. The number of anilines is 6. The molecule has 332 valence electrons. The molecule has 0 saturated carbocycles. The van der Waals surface area contributed by atoms with Crippen LogP contribution in [0.2, 0.25) is 0 Å². The lowest BCUT2D eigenvalue weighted by atomic mass is 9.85. The maximum Gasteiger partial charge on any atom is 0.0468 e. The molecule has 0 aliphatic heterocycles. The Kier molecular flexibility index (Phi) is 10.1. The summed E-state index contributed by atoms with van der Waals surface area (Å²) in [7, 11) is 0. The van der Waals surface area contributed by atoms with Crippen molar-refractivity contribution in [1.82, 2.24) is 0 Å².